The topological polar surface area (TPSA) is 64.2 Å². The molecule has 146 valence electrons. The maximum atomic E-state index is 12.7. The summed E-state index contributed by atoms with van der Waals surface area (Å²) in [6.07, 6.45) is 3.15. The molecule has 4 aromatic rings. The van der Waals surface area contributed by atoms with E-state index in [9.17, 15) is 4.79 Å². The second-order valence-corrected chi connectivity index (χ2v) is 8.18. The van der Waals surface area contributed by atoms with Crippen molar-refractivity contribution in [1.82, 2.24) is 9.97 Å². The summed E-state index contributed by atoms with van der Waals surface area (Å²) in [7, 11) is 1.61. The van der Waals surface area contributed by atoms with Crippen LogP contribution in [0.4, 0.5) is 0 Å². The lowest BCUT2D eigenvalue weighted by molar-refractivity contribution is 0.284. The first-order valence-corrected chi connectivity index (χ1v) is 10.4. The van der Waals surface area contributed by atoms with Crippen molar-refractivity contribution in [1.29, 1.82) is 0 Å². The molecule has 5 rings (SSSR count). The Morgan fingerprint density at radius 2 is 1.97 bits per heavy atom. The van der Waals surface area contributed by atoms with Crippen LogP contribution in [-0.4, -0.2) is 17.1 Å². The lowest BCUT2D eigenvalue weighted by Gasteiger charge is -2.12. The van der Waals surface area contributed by atoms with Crippen LogP contribution < -0.4 is 15.0 Å². The zero-order chi connectivity index (χ0) is 19.8. The number of aromatic nitrogens is 2. The summed E-state index contributed by atoms with van der Waals surface area (Å²) in [5, 5.41) is 0.765. The number of methoxy groups -OCH3 is 1. The van der Waals surface area contributed by atoms with Crippen molar-refractivity contribution < 1.29 is 9.47 Å². The maximum Gasteiger partial charge on any atom is 0.260 e. The van der Waals surface area contributed by atoms with E-state index < -0.39 is 0 Å². The second-order valence-electron chi connectivity index (χ2n) is 7.09. The van der Waals surface area contributed by atoms with Gasteiger partial charge in [-0.15, -0.1) is 11.3 Å². The molecule has 0 spiro atoms. The lowest BCUT2D eigenvalue weighted by Crippen LogP contribution is -2.09. The molecule has 0 bridgehead atoms. The van der Waals surface area contributed by atoms with E-state index in [1.165, 1.54) is 10.4 Å². The van der Waals surface area contributed by atoms with Crippen molar-refractivity contribution >= 4 is 21.6 Å². The normalized spacial score (nSPS) is 12.9. The van der Waals surface area contributed by atoms with Gasteiger partial charge in [-0.05, 0) is 48.6 Å². The molecule has 1 N–H and O–H groups in total. The molecule has 5 nitrogen and oxygen atoms in total. The van der Waals surface area contributed by atoms with Crippen LogP contribution in [0.15, 0.2) is 53.3 Å². The van der Waals surface area contributed by atoms with Gasteiger partial charge in [-0.1, -0.05) is 30.3 Å². The van der Waals surface area contributed by atoms with E-state index in [-0.39, 0.29) is 5.56 Å². The highest BCUT2D eigenvalue weighted by molar-refractivity contribution is 7.18. The van der Waals surface area contributed by atoms with Gasteiger partial charge >= 0.3 is 0 Å². The number of H-pyrrole nitrogens is 1. The number of ether oxygens (including phenoxy) is 2. The Morgan fingerprint density at radius 1 is 1.10 bits per heavy atom. The largest absolute Gasteiger partial charge is 0.493 e. The summed E-state index contributed by atoms with van der Waals surface area (Å²) in [5.74, 6) is 1.81. The Bertz CT molecular complexity index is 1240. The number of fused-ring (bicyclic) bond motifs is 3. The van der Waals surface area contributed by atoms with Gasteiger partial charge in [0.05, 0.1) is 12.5 Å². The number of hydrogen-bond donors (Lipinski definition) is 1. The first-order valence-electron chi connectivity index (χ1n) is 9.62. The summed E-state index contributed by atoms with van der Waals surface area (Å²) < 4.78 is 11.4. The number of aromatic amines is 1. The number of nitrogens with zero attached hydrogens (tertiary/aromatic N) is 1. The minimum atomic E-state index is -0.0622. The first kappa shape index (κ1) is 17.9. The number of rotatable bonds is 5. The van der Waals surface area contributed by atoms with Crippen molar-refractivity contribution in [3.8, 4) is 22.9 Å². The van der Waals surface area contributed by atoms with Gasteiger partial charge in [0.2, 0.25) is 0 Å². The molecule has 2 aromatic carbocycles. The summed E-state index contributed by atoms with van der Waals surface area (Å²) in [5.41, 5.74) is 3.00. The number of aryl methyl sites for hydroxylation is 2. The smallest absolute Gasteiger partial charge is 0.260 e. The molecule has 6 heteroatoms. The standard InChI is InChI=1S/C23H20N2O3S/c1-27-18-12-15(10-11-17(18)28-13-14-6-3-2-4-7-14)21-24-22(26)20-16-8-5-9-19(16)29-23(20)25-21/h2-4,6-7,10-12H,5,8-9,13H2,1H3,(H,24,25,26). The van der Waals surface area contributed by atoms with E-state index in [1.54, 1.807) is 18.4 Å². The molecule has 0 radical (unpaired) electrons. The summed E-state index contributed by atoms with van der Waals surface area (Å²) in [6.45, 7) is 0.457. The van der Waals surface area contributed by atoms with E-state index in [2.05, 4.69) is 4.98 Å². The van der Waals surface area contributed by atoms with Gasteiger partial charge in [0.15, 0.2) is 11.5 Å². The zero-order valence-corrected chi connectivity index (χ0v) is 16.8. The monoisotopic (exact) mass is 404 g/mol. The fourth-order valence-corrected chi connectivity index (χ4v) is 5.07. The highest BCUT2D eigenvalue weighted by Crippen LogP contribution is 2.36. The molecular weight excluding hydrogens is 384 g/mol. The fraction of sp³-hybridized carbons (Fsp3) is 0.217. The minimum absolute atomic E-state index is 0.0622. The average Bonchev–Trinajstić information content (AvgIpc) is 3.33. The van der Waals surface area contributed by atoms with Crippen LogP contribution in [-0.2, 0) is 19.4 Å². The number of nitrogens with one attached hydrogen (secondary N) is 1. The van der Waals surface area contributed by atoms with Crippen molar-refractivity contribution in [3.05, 3.63) is 74.9 Å². The molecule has 1 aliphatic carbocycles. The third kappa shape index (κ3) is 3.29. The van der Waals surface area contributed by atoms with E-state index in [1.807, 2.05) is 48.5 Å². The lowest BCUT2D eigenvalue weighted by atomic mass is 10.1. The maximum absolute atomic E-state index is 12.7. The molecule has 0 atom stereocenters. The molecule has 0 aliphatic heterocycles. The van der Waals surface area contributed by atoms with Crippen molar-refractivity contribution in [2.75, 3.05) is 7.11 Å². The van der Waals surface area contributed by atoms with Crippen LogP contribution in [0.2, 0.25) is 0 Å². The molecule has 1 aliphatic rings. The van der Waals surface area contributed by atoms with E-state index in [4.69, 9.17) is 14.5 Å². The molecule has 2 heterocycles. The third-order valence-electron chi connectivity index (χ3n) is 5.25. The van der Waals surface area contributed by atoms with E-state index in [0.717, 1.165) is 40.6 Å². The number of benzene rings is 2. The Balaban J connectivity index is 1.47. The van der Waals surface area contributed by atoms with Crippen LogP contribution >= 0.6 is 11.3 Å². The summed E-state index contributed by atoms with van der Waals surface area (Å²) in [6, 6.07) is 15.6. The first-order chi connectivity index (χ1) is 14.2. The predicted octanol–water partition coefficient (Wildman–Crippen LogP) is 4.73. The Hall–Kier alpha value is -3.12. The average molecular weight is 404 g/mol. The predicted molar refractivity (Wildman–Crippen MR) is 115 cm³/mol. The highest BCUT2D eigenvalue weighted by atomic mass is 32.1. The molecule has 0 unspecified atom stereocenters. The quantitative estimate of drug-likeness (QED) is 0.522. The number of hydrogen-bond acceptors (Lipinski definition) is 5. The molecule has 0 saturated carbocycles. The van der Waals surface area contributed by atoms with Crippen molar-refractivity contribution in [2.24, 2.45) is 0 Å². The zero-order valence-electron chi connectivity index (χ0n) is 16.0. The third-order valence-corrected chi connectivity index (χ3v) is 6.43. The van der Waals surface area contributed by atoms with Gasteiger partial charge in [-0.3, -0.25) is 4.79 Å². The van der Waals surface area contributed by atoms with Gasteiger partial charge < -0.3 is 14.5 Å². The molecule has 0 saturated heterocycles. The molecular formula is C23H20N2O3S. The molecule has 29 heavy (non-hydrogen) atoms. The van der Waals surface area contributed by atoms with Crippen LogP contribution in [0.5, 0.6) is 11.5 Å². The van der Waals surface area contributed by atoms with Gasteiger partial charge in [0.1, 0.15) is 17.3 Å². The summed E-state index contributed by atoms with van der Waals surface area (Å²) in [4.78, 5) is 22.5. The van der Waals surface area contributed by atoms with Crippen LogP contribution in [0.1, 0.15) is 22.4 Å². The van der Waals surface area contributed by atoms with Crippen LogP contribution in [0.3, 0.4) is 0 Å². The molecule has 0 amide bonds. The van der Waals surface area contributed by atoms with Crippen LogP contribution in [0.25, 0.3) is 21.6 Å². The minimum Gasteiger partial charge on any atom is -0.493 e. The van der Waals surface area contributed by atoms with Gasteiger partial charge in [-0.2, -0.15) is 0 Å². The van der Waals surface area contributed by atoms with Crippen molar-refractivity contribution in [2.45, 2.75) is 25.9 Å². The van der Waals surface area contributed by atoms with Gasteiger partial charge in [0.25, 0.3) is 5.56 Å². The highest BCUT2D eigenvalue weighted by Gasteiger charge is 2.21. The second kappa shape index (κ2) is 7.37. The van der Waals surface area contributed by atoms with E-state index in [0.29, 0.717) is 23.9 Å². The van der Waals surface area contributed by atoms with Gasteiger partial charge in [-0.25, -0.2) is 4.98 Å². The number of thiophene rings is 1. The Morgan fingerprint density at radius 3 is 2.79 bits per heavy atom. The summed E-state index contributed by atoms with van der Waals surface area (Å²) >= 11 is 1.64. The Labute approximate surface area is 172 Å². The van der Waals surface area contributed by atoms with Crippen LogP contribution in [0, 0.1) is 0 Å². The SMILES string of the molecule is COc1cc(-c2nc3sc4c(c3c(=O)[nH]2)CCC4)ccc1OCc1ccccc1. The Kier molecular flexibility index (Phi) is 4.56. The molecule has 2 aromatic heterocycles. The van der Waals surface area contributed by atoms with Crippen molar-refractivity contribution in [3.63, 3.8) is 0 Å². The fourth-order valence-electron chi connectivity index (χ4n) is 3.81. The van der Waals surface area contributed by atoms with E-state index >= 15 is 0 Å². The molecule has 0 fully saturated rings. The van der Waals surface area contributed by atoms with Gasteiger partial charge in [0, 0.05) is 10.4 Å².